The van der Waals surface area contributed by atoms with Crippen molar-refractivity contribution in [2.75, 3.05) is 12.4 Å². The van der Waals surface area contributed by atoms with Crippen LogP contribution >= 0.6 is 27.5 Å². The van der Waals surface area contributed by atoms with Crippen LogP contribution < -0.4 is 10.1 Å². The predicted octanol–water partition coefficient (Wildman–Crippen LogP) is 3.90. The van der Waals surface area contributed by atoms with Gasteiger partial charge in [-0.25, -0.2) is 4.98 Å². The van der Waals surface area contributed by atoms with Crippen LogP contribution in [0.25, 0.3) is 0 Å². The molecular weight excluding hydrogens is 351 g/mol. The number of hydrogen-bond donors (Lipinski definition) is 1. The fraction of sp³-hybridized carbons (Fsp3) is 0.0769. The number of carbonyl (C=O) groups excluding carboxylic acids is 1. The Hall–Kier alpha value is -1.66. The molecule has 0 bridgehead atoms. The van der Waals surface area contributed by atoms with E-state index < -0.39 is 11.9 Å². The first kappa shape index (κ1) is 14.7. The number of anilines is 1. The van der Waals surface area contributed by atoms with Gasteiger partial charge in [-0.05, 0) is 40.2 Å². The van der Waals surface area contributed by atoms with E-state index in [1.807, 2.05) is 0 Å². The van der Waals surface area contributed by atoms with Crippen molar-refractivity contribution < 1.29 is 13.9 Å². The molecule has 1 N–H and O–H groups in total. The van der Waals surface area contributed by atoms with E-state index in [-0.39, 0.29) is 5.69 Å². The standard InChI is InChI=1S/C13H9BrClFN2O2/c1-20-12-8(14)5-7(15)6-10(12)18-13(19)9-3-2-4-11(16)17-9/h2-6H,1H3,(H,18,19). The summed E-state index contributed by atoms with van der Waals surface area (Å²) in [6, 6.07) is 7.14. The van der Waals surface area contributed by atoms with Gasteiger partial charge in [0.2, 0.25) is 5.95 Å². The van der Waals surface area contributed by atoms with Gasteiger partial charge in [-0.1, -0.05) is 17.7 Å². The molecule has 2 aromatic rings. The Morgan fingerprint density at radius 3 is 2.85 bits per heavy atom. The highest BCUT2D eigenvalue weighted by Crippen LogP contribution is 2.36. The van der Waals surface area contributed by atoms with E-state index in [0.29, 0.717) is 20.9 Å². The van der Waals surface area contributed by atoms with E-state index in [1.165, 1.54) is 25.3 Å². The Morgan fingerprint density at radius 2 is 2.20 bits per heavy atom. The van der Waals surface area contributed by atoms with Crippen molar-refractivity contribution in [2.24, 2.45) is 0 Å². The molecule has 0 aliphatic heterocycles. The minimum Gasteiger partial charge on any atom is -0.493 e. The quantitative estimate of drug-likeness (QED) is 0.846. The summed E-state index contributed by atoms with van der Waals surface area (Å²) in [6.45, 7) is 0. The summed E-state index contributed by atoms with van der Waals surface area (Å²) in [7, 11) is 1.46. The lowest BCUT2D eigenvalue weighted by Crippen LogP contribution is -2.15. The molecule has 0 aliphatic carbocycles. The van der Waals surface area contributed by atoms with Gasteiger partial charge in [0.25, 0.3) is 5.91 Å². The summed E-state index contributed by atoms with van der Waals surface area (Å²) in [5, 5.41) is 3.00. The zero-order chi connectivity index (χ0) is 14.7. The van der Waals surface area contributed by atoms with Crippen molar-refractivity contribution in [3.63, 3.8) is 0 Å². The number of ether oxygens (including phenoxy) is 1. The molecule has 0 saturated heterocycles. The molecule has 2 rings (SSSR count). The molecular formula is C13H9BrClFN2O2. The maximum absolute atomic E-state index is 13.0. The smallest absolute Gasteiger partial charge is 0.274 e. The zero-order valence-electron chi connectivity index (χ0n) is 10.3. The van der Waals surface area contributed by atoms with Gasteiger partial charge in [0, 0.05) is 5.02 Å². The average Bonchev–Trinajstić information content (AvgIpc) is 2.38. The number of halogens is 3. The van der Waals surface area contributed by atoms with Gasteiger partial charge in [0.15, 0.2) is 5.75 Å². The molecule has 104 valence electrons. The number of hydrogen-bond acceptors (Lipinski definition) is 3. The highest BCUT2D eigenvalue weighted by Gasteiger charge is 2.14. The number of nitrogens with one attached hydrogen (secondary N) is 1. The minimum atomic E-state index is -0.725. The zero-order valence-corrected chi connectivity index (χ0v) is 12.6. The summed E-state index contributed by atoms with van der Waals surface area (Å²) >= 11 is 9.20. The van der Waals surface area contributed by atoms with E-state index in [0.717, 1.165) is 6.07 Å². The number of pyridine rings is 1. The second-order valence-electron chi connectivity index (χ2n) is 3.77. The van der Waals surface area contributed by atoms with Crippen molar-refractivity contribution in [1.82, 2.24) is 4.98 Å². The van der Waals surface area contributed by atoms with Crippen molar-refractivity contribution >= 4 is 39.1 Å². The lowest BCUT2D eigenvalue weighted by atomic mass is 10.2. The molecule has 1 heterocycles. The van der Waals surface area contributed by atoms with Crippen LogP contribution in [0.5, 0.6) is 5.75 Å². The van der Waals surface area contributed by atoms with Gasteiger partial charge in [-0.2, -0.15) is 4.39 Å². The maximum atomic E-state index is 13.0. The average molecular weight is 360 g/mol. The molecule has 1 aromatic heterocycles. The van der Waals surface area contributed by atoms with E-state index in [1.54, 1.807) is 6.07 Å². The Labute approximate surface area is 128 Å². The summed E-state index contributed by atoms with van der Waals surface area (Å²) in [5.41, 5.74) is 0.325. The van der Waals surface area contributed by atoms with Crippen molar-refractivity contribution in [2.45, 2.75) is 0 Å². The Bertz CT molecular complexity index is 667. The number of aromatic nitrogens is 1. The van der Waals surface area contributed by atoms with E-state index in [2.05, 4.69) is 26.2 Å². The molecule has 1 aromatic carbocycles. The Kier molecular flexibility index (Phi) is 4.57. The number of amides is 1. The molecule has 0 atom stereocenters. The van der Waals surface area contributed by atoms with Gasteiger partial charge >= 0.3 is 0 Å². The number of rotatable bonds is 3. The van der Waals surface area contributed by atoms with E-state index in [4.69, 9.17) is 16.3 Å². The molecule has 0 radical (unpaired) electrons. The van der Waals surface area contributed by atoms with Crippen molar-refractivity contribution in [3.8, 4) is 5.75 Å². The normalized spacial score (nSPS) is 10.2. The van der Waals surface area contributed by atoms with E-state index >= 15 is 0 Å². The topological polar surface area (TPSA) is 51.2 Å². The first-order valence-corrected chi connectivity index (χ1v) is 6.65. The fourth-order valence-electron chi connectivity index (χ4n) is 1.58. The van der Waals surface area contributed by atoms with Gasteiger partial charge in [0.1, 0.15) is 5.69 Å². The molecule has 20 heavy (non-hydrogen) atoms. The largest absolute Gasteiger partial charge is 0.493 e. The summed E-state index contributed by atoms with van der Waals surface area (Å²) in [5.74, 6) is -0.868. The molecule has 4 nitrogen and oxygen atoms in total. The molecule has 0 saturated carbocycles. The lowest BCUT2D eigenvalue weighted by Gasteiger charge is -2.12. The van der Waals surface area contributed by atoms with Crippen molar-refractivity contribution in [1.29, 1.82) is 0 Å². The van der Waals surface area contributed by atoms with Gasteiger partial charge < -0.3 is 10.1 Å². The SMILES string of the molecule is COc1c(Br)cc(Cl)cc1NC(=O)c1cccc(F)n1. The Balaban J connectivity index is 2.32. The predicted molar refractivity (Wildman–Crippen MR) is 77.9 cm³/mol. The highest BCUT2D eigenvalue weighted by atomic mass is 79.9. The molecule has 7 heteroatoms. The maximum Gasteiger partial charge on any atom is 0.274 e. The minimum absolute atomic E-state index is 0.0387. The molecule has 0 unspecified atom stereocenters. The second kappa shape index (κ2) is 6.19. The summed E-state index contributed by atoms with van der Waals surface area (Å²) in [6.07, 6.45) is 0. The third kappa shape index (κ3) is 3.26. The first-order valence-electron chi connectivity index (χ1n) is 5.48. The third-order valence-electron chi connectivity index (χ3n) is 2.41. The van der Waals surface area contributed by atoms with Crippen LogP contribution in [0.1, 0.15) is 10.5 Å². The van der Waals surface area contributed by atoms with Crippen molar-refractivity contribution in [3.05, 3.63) is 51.5 Å². The molecule has 0 spiro atoms. The van der Waals surface area contributed by atoms with E-state index in [9.17, 15) is 9.18 Å². The fourth-order valence-corrected chi connectivity index (χ4v) is 2.55. The Morgan fingerprint density at radius 1 is 1.45 bits per heavy atom. The van der Waals surface area contributed by atoms with Gasteiger partial charge in [-0.3, -0.25) is 4.79 Å². The summed E-state index contributed by atoms with van der Waals surface area (Å²) < 4.78 is 18.8. The highest BCUT2D eigenvalue weighted by molar-refractivity contribution is 9.10. The third-order valence-corrected chi connectivity index (χ3v) is 3.22. The monoisotopic (exact) mass is 358 g/mol. The van der Waals surface area contributed by atoms with Crippen LogP contribution in [0, 0.1) is 5.95 Å². The number of carbonyl (C=O) groups is 1. The molecule has 1 amide bonds. The number of methoxy groups -OCH3 is 1. The summed E-state index contributed by atoms with van der Waals surface area (Å²) in [4.78, 5) is 15.5. The van der Waals surface area contributed by atoms with Crippen LogP contribution in [0.15, 0.2) is 34.8 Å². The molecule has 0 fully saturated rings. The second-order valence-corrected chi connectivity index (χ2v) is 5.06. The van der Waals surface area contributed by atoms with Crippen LogP contribution in [0.4, 0.5) is 10.1 Å². The molecule has 0 aliphatic rings. The van der Waals surface area contributed by atoms with Gasteiger partial charge in [-0.15, -0.1) is 0 Å². The lowest BCUT2D eigenvalue weighted by molar-refractivity contribution is 0.102. The number of benzene rings is 1. The van der Waals surface area contributed by atoms with Gasteiger partial charge in [0.05, 0.1) is 17.3 Å². The van der Waals surface area contributed by atoms with Crippen LogP contribution in [0.2, 0.25) is 5.02 Å². The van der Waals surface area contributed by atoms with Crippen LogP contribution in [-0.2, 0) is 0 Å². The first-order chi connectivity index (χ1) is 9.51. The number of nitrogens with zero attached hydrogens (tertiary/aromatic N) is 1. The van der Waals surface area contributed by atoms with Crippen LogP contribution in [-0.4, -0.2) is 18.0 Å². The van der Waals surface area contributed by atoms with Crippen LogP contribution in [0.3, 0.4) is 0 Å².